The van der Waals surface area contributed by atoms with E-state index in [0.29, 0.717) is 34.2 Å². The van der Waals surface area contributed by atoms with E-state index in [4.69, 9.17) is 11.6 Å². The lowest BCUT2D eigenvalue weighted by molar-refractivity contribution is -0.118. The van der Waals surface area contributed by atoms with E-state index in [1.807, 2.05) is 6.07 Å². The molecule has 0 unspecified atom stereocenters. The lowest BCUT2D eigenvalue weighted by Gasteiger charge is -2.24. The van der Waals surface area contributed by atoms with Crippen molar-refractivity contribution >= 4 is 34.5 Å². The molecular formula is C20H14ClFN2O2. The molecule has 2 aromatic rings. The minimum Gasteiger partial charge on any atom is -0.307 e. The Hall–Kier alpha value is -2.97. The number of carbonyl (C=O) groups excluding carboxylic acids is 2. The van der Waals surface area contributed by atoms with Crippen LogP contribution in [-0.2, 0) is 16.1 Å². The molecule has 2 aromatic carbocycles. The van der Waals surface area contributed by atoms with Crippen LogP contribution in [0.5, 0.6) is 0 Å². The van der Waals surface area contributed by atoms with Gasteiger partial charge >= 0.3 is 0 Å². The molecule has 1 amide bonds. The van der Waals surface area contributed by atoms with Crippen molar-refractivity contribution in [3.8, 4) is 6.07 Å². The molecular weight excluding hydrogens is 355 g/mol. The van der Waals surface area contributed by atoms with Crippen LogP contribution < -0.4 is 4.90 Å². The molecule has 3 rings (SSSR count). The summed E-state index contributed by atoms with van der Waals surface area (Å²) >= 11 is 6.32. The number of hydrogen-bond donors (Lipinski definition) is 0. The number of nitriles is 1. The predicted molar refractivity (Wildman–Crippen MR) is 96.9 cm³/mol. The normalized spacial score (nSPS) is 13.9. The molecule has 4 nitrogen and oxygen atoms in total. The van der Waals surface area contributed by atoms with Crippen LogP contribution in [-0.4, -0.2) is 12.2 Å². The Labute approximate surface area is 155 Å². The topological polar surface area (TPSA) is 61.2 Å². The van der Waals surface area contributed by atoms with Gasteiger partial charge in [0.25, 0.3) is 0 Å². The van der Waals surface area contributed by atoms with E-state index in [0.717, 1.165) is 0 Å². The fourth-order valence-corrected chi connectivity index (χ4v) is 3.11. The van der Waals surface area contributed by atoms with Gasteiger partial charge in [0.15, 0.2) is 0 Å². The Kier molecular flexibility index (Phi) is 4.88. The molecule has 1 aliphatic rings. The fourth-order valence-electron chi connectivity index (χ4n) is 2.84. The van der Waals surface area contributed by atoms with Crippen molar-refractivity contribution in [1.29, 1.82) is 5.26 Å². The van der Waals surface area contributed by atoms with Crippen molar-refractivity contribution in [3.05, 3.63) is 70.0 Å². The fraction of sp³-hybridized carbons (Fsp3) is 0.150. The van der Waals surface area contributed by atoms with Gasteiger partial charge in [-0.2, -0.15) is 5.26 Å². The van der Waals surface area contributed by atoms with Crippen LogP contribution in [0.25, 0.3) is 5.03 Å². The molecule has 26 heavy (non-hydrogen) atoms. The summed E-state index contributed by atoms with van der Waals surface area (Å²) < 4.78 is 13.9. The number of benzene rings is 2. The van der Waals surface area contributed by atoms with Gasteiger partial charge in [-0.25, -0.2) is 4.39 Å². The number of rotatable bonds is 3. The van der Waals surface area contributed by atoms with Crippen molar-refractivity contribution in [2.75, 3.05) is 4.90 Å². The number of aryl methyl sites for hydroxylation is 1. The largest absolute Gasteiger partial charge is 0.307 e. The molecule has 0 radical (unpaired) electrons. The van der Waals surface area contributed by atoms with Crippen LogP contribution in [0.15, 0.2) is 42.0 Å². The second kappa shape index (κ2) is 7.11. The van der Waals surface area contributed by atoms with Crippen molar-refractivity contribution in [2.45, 2.75) is 19.9 Å². The van der Waals surface area contributed by atoms with E-state index in [9.17, 15) is 19.2 Å². The van der Waals surface area contributed by atoms with Gasteiger partial charge in [-0.3, -0.25) is 9.59 Å². The zero-order chi connectivity index (χ0) is 18.8. The molecule has 130 valence electrons. The molecule has 0 bridgehead atoms. The number of carbonyl (C=O) groups is 2. The Morgan fingerprint density at radius 1 is 1.31 bits per heavy atom. The van der Waals surface area contributed by atoms with Gasteiger partial charge in [0.1, 0.15) is 12.1 Å². The van der Waals surface area contributed by atoms with Crippen LogP contribution in [0.1, 0.15) is 28.7 Å². The number of nitrogens with zero attached hydrogens (tertiary/aromatic N) is 2. The Balaban J connectivity index is 2.12. The molecule has 1 aliphatic heterocycles. The highest BCUT2D eigenvalue weighted by molar-refractivity contribution is 6.51. The van der Waals surface area contributed by atoms with E-state index in [-0.39, 0.29) is 35.3 Å². The Morgan fingerprint density at radius 2 is 2.08 bits per heavy atom. The second-order valence-electron chi connectivity index (χ2n) is 6.04. The predicted octanol–water partition coefficient (Wildman–Crippen LogP) is 4.09. The third kappa shape index (κ3) is 3.24. The number of amides is 1. The number of anilines is 1. The number of hydrogen-bond acceptors (Lipinski definition) is 3. The lowest BCUT2D eigenvalue weighted by atomic mass is 10.1. The average molecular weight is 369 g/mol. The van der Waals surface area contributed by atoms with E-state index >= 15 is 0 Å². The lowest BCUT2D eigenvalue weighted by Crippen LogP contribution is -2.30. The van der Waals surface area contributed by atoms with Crippen LogP contribution in [0.4, 0.5) is 10.1 Å². The summed E-state index contributed by atoms with van der Waals surface area (Å²) in [6.45, 7) is 1.76. The molecule has 0 saturated heterocycles. The number of aldehydes is 1. The van der Waals surface area contributed by atoms with Crippen LogP contribution in [0.2, 0.25) is 0 Å². The van der Waals surface area contributed by atoms with Crippen LogP contribution >= 0.6 is 11.6 Å². The van der Waals surface area contributed by atoms with E-state index in [1.54, 1.807) is 37.3 Å². The second-order valence-corrected chi connectivity index (χ2v) is 6.42. The van der Waals surface area contributed by atoms with Gasteiger partial charge < -0.3 is 4.90 Å². The van der Waals surface area contributed by atoms with E-state index in [2.05, 4.69) is 0 Å². The molecule has 0 N–H and O–H groups in total. The smallest absolute Gasteiger partial charge is 0.231 e. The first kappa shape index (κ1) is 17.8. The average Bonchev–Trinajstić information content (AvgIpc) is 2.74. The first-order valence-electron chi connectivity index (χ1n) is 7.88. The van der Waals surface area contributed by atoms with E-state index in [1.165, 1.54) is 11.0 Å². The number of fused-ring (bicyclic) bond motifs is 1. The summed E-state index contributed by atoms with van der Waals surface area (Å²) in [7, 11) is 0. The van der Waals surface area contributed by atoms with Gasteiger partial charge in [0.2, 0.25) is 5.91 Å². The van der Waals surface area contributed by atoms with Gasteiger partial charge in [-0.05, 0) is 36.2 Å². The first-order valence-corrected chi connectivity index (χ1v) is 8.26. The molecule has 6 heteroatoms. The van der Waals surface area contributed by atoms with Crippen molar-refractivity contribution in [2.24, 2.45) is 0 Å². The highest BCUT2D eigenvalue weighted by atomic mass is 35.5. The highest BCUT2D eigenvalue weighted by Gasteiger charge is 2.27. The highest BCUT2D eigenvalue weighted by Crippen LogP contribution is 2.37. The monoisotopic (exact) mass is 368 g/mol. The molecule has 0 saturated carbocycles. The van der Waals surface area contributed by atoms with Gasteiger partial charge in [0.05, 0.1) is 35.3 Å². The summed E-state index contributed by atoms with van der Waals surface area (Å²) in [6.07, 6.45) is 0.407. The van der Waals surface area contributed by atoms with Gasteiger partial charge in [-0.1, -0.05) is 29.8 Å². The SMILES string of the molecule is Cc1ccc(CN2C(=O)CC(C=O)=C(Cl)c3ccc(C#N)cc32)cc1F. The maximum absolute atomic E-state index is 13.9. The van der Waals surface area contributed by atoms with Gasteiger partial charge in [-0.15, -0.1) is 0 Å². The Morgan fingerprint density at radius 3 is 2.73 bits per heavy atom. The summed E-state index contributed by atoms with van der Waals surface area (Å²) in [5.74, 6) is -0.708. The maximum atomic E-state index is 13.9. The van der Waals surface area contributed by atoms with Crippen LogP contribution in [0, 0.1) is 24.1 Å². The molecule has 1 heterocycles. The third-order valence-electron chi connectivity index (χ3n) is 4.30. The van der Waals surface area contributed by atoms with Crippen molar-refractivity contribution in [3.63, 3.8) is 0 Å². The van der Waals surface area contributed by atoms with Crippen LogP contribution in [0.3, 0.4) is 0 Å². The standard InChI is InChI=1S/C20H14ClFN2O2/c1-12-2-3-14(6-17(12)22)10-24-18-7-13(9-23)4-5-16(18)20(21)15(11-25)8-19(24)26/h2-7,11H,8,10H2,1H3. The van der Waals surface area contributed by atoms with Crippen molar-refractivity contribution in [1.82, 2.24) is 0 Å². The Bertz CT molecular complexity index is 992. The summed E-state index contributed by atoms with van der Waals surface area (Å²) in [6, 6.07) is 11.5. The minimum absolute atomic E-state index is 0.105. The van der Waals surface area contributed by atoms with E-state index < -0.39 is 0 Å². The maximum Gasteiger partial charge on any atom is 0.231 e. The molecule has 0 fully saturated rings. The van der Waals surface area contributed by atoms with Crippen molar-refractivity contribution < 1.29 is 14.0 Å². The number of halogens is 2. The third-order valence-corrected chi connectivity index (χ3v) is 4.74. The first-order chi connectivity index (χ1) is 12.4. The summed E-state index contributed by atoms with van der Waals surface area (Å²) in [5, 5.41) is 9.36. The molecule has 0 atom stereocenters. The summed E-state index contributed by atoms with van der Waals surface area (Å²) in [5.41, 5.74) is 2.57. The molecule has 0 aliphatic carbocycles. The minimum atomic E-state index is -0.361. The molecule has 0 aromatic heterocycles. The molecule has 0 spiro atoms. The van der Waals surface area contributed by atoms with Gasteiger partial charge in [0, 0.05) is 11.1 Å². The quantitative estimate of drug-likeness (QED) is 0.766. The zero-order valence-corrected chi connectivity index (χ0v) is 14.7. The zero-order valence-electron chi connectivity index (χ0n) is 13.9. The summed E-state index contributed by atoms with van der Waals surface area (Å²) in [4.78, 5) is 25.5.